The first kappa shape index (κ1) is 17.3. The number of carbonyl (C=O) groups is 3. The summed E-state index contributed by atoms with van der Waals surface area (Å²) in [4.78, 5) is 41.9. The first-order chi connectivity index (χ1) is 13.0. The van der Waals surface area contributed by atoms with Crippen LogP contribution in [0.25, 0.3) is 5.69 Å². The van der Waals surface area contributed by atoms with Crippen LogP contribution in [0.1, 0.15) is 31.1 Å². The quantitative estimate of drug-likeness (QED) is 0.626. The van der Waals surface area contributed by atoms with Crippen LogP contribution in [0.3, 0.4) is 0 Å². The number of carbonyl (C=O) groups excluding carboxylic acids is 3. The van der Waals surface area contributed by atoms with Crippen molar-refractivity contribution in [3.8, 4) is 5.69 Å². The Kier molecular flexibility index (Phi) is 4.18. The Morgan fingerprint density at radius 3 is 2.30 bits per heavy atom. The summed E-state index contributed by atoms with van der Waals surface area (Å²) < 4.78 is 1.36. The molecule has 27 heavy (non-hydrogen) atoms. The number of fused-ring (bicyclic) bond motifs is 1. The molecule has 1 aliphatic rings. The van der Waals surface area contributed by atoms with E-state index in [1.165, 1.54) is 35.3 Å². The Balaban J connectivity index is 1.56. The number of hydrogen-bond donors (Lipinski definition) is 0. The fourth-order valence-electron chi connectivity index (χ4n) is 2.61. The van der Waals surface area contributed by atoms with Gasteiger partial charge in [-0.05, 0) is 30.3 Å². The lowest BCUT2D eigenvalue weighted by Gasteiger charge is -2.11. The smallest absolute Gasteiger partial charge is 0.324 e. The molecular formula is C18H9Cl2N3O4. The van der Waals surface area contributed by atoms with E-state index < -0.39 is 17.8 Å². The normalized spacial score (nSPS) is 13.0. The van der Waals surface area contributed by atoms with Crippen LogP contribution in [0.4, 0.5) is 0 Å². The fraction of sp³-hybridized carbons (Fsp3) is 0. The molecule has 0 radical (unpaired) electrons. The lowest BCUT2D eigenvalue weighted by molar-refractivity contribution is -0.0584. The molecule has 0 saturated carbocycles. The summed E-state index contributed by atoms with van der Waals surface area (Å²) in [6.07, 6.45) is 2.61. The number of halogens is 2. The second-order valence-corrected chi connectivity index (χ2v) is 6.44. The van der Waals surface area contributed by atoms with E-state index in [1.807, 2.05) is 0 Å². The minimum absolute atomic E-state index is 0.0394. The number of hydroxylamine groups is 2. The molecule has 1 aromatic heterocycles. The number of rotatable bonds is 3. The number of hydrogen-bond acceptors (Lipinski definition) is 5. The third-order valence-electron chi connectivity index (χ3n) is 3.91. The van der Waals surface area contributed by atoms with Crippen LogP contribution in [0.2, 0.25) is 10.0 Å². The SMILES string of the molecule is O=C(ON1C(=O)c2ccccc2C1=O)c1cnn(-c2ccc(Cl)cc2Cl)c1. The summed E-state index contributed by atoms with van der Waals surface area (Å²) in [5.41, 5.74) is 0.899. The van der Waals surface area contributed by atoms with Gasteiger partial charge in [-0.15, -0.1) is 0 Å². The highest BCUT2D eigenvalue weighted by Crippen LogP contribution is 2.25. The van der Waals surface area contributed by atoms with Crippen LogP contribution in [-0.4, -0.2) is 32.6 Å². The fourth-order valence-corrected chi connectivity index (χ4v) is 3.11. The lowest BCUT2D eigenvalue weighted by Crippen LogP contribution is -2.32. The molecule has 1 aliphatic heterocycles. The lowest BCUT2D eigenvalue weighted by atomic mass is 10.1. The summed E-state index contributed by atoms with van der Waals surface area (Å²) in [5, 5.41) is 5.29. The van der Waals surface area contributed by atoms with Gasteiger partial charge in [0.1, 0.15) is 5.56 Å². The molecule has 0 atom stereocenters. The van der Waals surface area contributed by atoms with Gasteiger partial charge in [-0.25, -0.2) is 9.48 Å². The predicted molar refractivity (Wildman–Crippen MR) is 95.9 cm³/mol. The van der Waals surface area contributed by atoms with E-state index in [9.17, 15) is 14.4 Å². The zero-order chi connectivity index (χ0) is 19.1. The molecule has 2 amide bonds. The molecule has 0 bridgehead atoms. The Morgan fingerprint density at radius 1 is 1.00 bits per heavy atom. The maximum absolute atomic E-state index is 12.4. The van der Waals surface area contributed by atoms with Crippen molar-refractivity contribution in [2.75, 3.05) is 0 Å². The first-order valence-electron chi connectivity index (χ1n) is 7.66. The molecule has 0 N–H and O–H groups in total. The van der Waals surface area contributed by atoms with Gasteiger partial charge in [-0.1, -0.05) is 40.4 Å². The van der Waals surface area contributed by atoms with Crippen LogP contribution in [0.5, 0.6) is 0 Å². The Bertz CT molecular complexity index is 1070. The van der Waals surface area contributed by atoms with E-state index in [0.29, 0.717) is 20.8 Å². The number of nitrogens with zero attached hydrogens (tertiary/aromatic N) is 3. The molecular weight excluding hydrogens is 393 g/mol. The van der Waals surface area contributed by atoms with Gasteiger partial charge in [0.25, 0.3) is 11.8 Å². The highest BCUT2D eigenvalue weighted by molar-refractivity contribution is 6.35. The predicted octanol–water partition coefficient (Wildman–Crippen LogP) is 3.55. The third kappa shape index (κ3) is 2.97. The molecule has 3 aromatic rings. The summed E-state index contributed by atoms with van der Waals surface area (Å²) in [5.74, 6) is -2.30. The van der Waals surface area contributed by atoms with Gasteiger partial charge in [0.05, 0.1) is 28.0 Å². The van der Waals surface area contributed by atoms with Gasteiger partial charge in [0.15, 0.2) is 0 Å². The molecule has 0 unspecified atom stereocenters. The van der Waals surface area contributed by atoms with E-state index in [2.05, 4.69) is 5.10 Å². The van der Waals surface area contributed by atoms with Crippen LogP contribution in [-0.2, 0) is 4.84 Å². The minimum Gasteiger partial charge on any atom is -0.324 e. The van der Waals surface area contributed by atoms with Gasteiger partial charge < -0.3 is 4.84 Å². The van der Waals surface area contributed by atoms with Gasteiger partial charge in [-0.3, -0.25) is 9.59 Å². The van der Waals surface area contributed by atoms with Crippen molar-refractivity contribution >= 4 is 41.0 Å². The molecule has 0 fully saturated rings. The van der Waals surface area contributed by atoms with E-state index >= 15 is 0 Å². The molecule has 2 heterocycles. The highest BCUT2D eigenvalue weighted by Gasteiger charge is 2.38. The second kappa shape index (κ2) is 6.53. The second-order valence-electron chi connectivity index (χ2n) is 5.60. The maximum atomic E-state index is 12.4. The summed E-state index contributed by atoms with van der Waals surface area (Å²) in [7, 11) is 0. The third-order valence-corrected chi connectivity index (χ3v) is 4.44. The van der Waals surface area contributed by atoms with Crippen LogP contribution >= 0.6 is 23.2 Å². The topological polar surface area (TPSA) is 81.5 Å². The highest BCUT2D eigenvalue weighted by atomic mass is 35.5. The summed E-state index contributed by atoms with van der Waals surface area (Å²) >= 11 is 12.0. The number of amides is 2. The molecule has 2 aromatic carbocycles. The van der Waals surface area contributed by atoms with Crippen molar-refractivity contribution in [1.82, 2.24) is 14.8 Å². The molecule has 9 heteroatoms. The molecule has 4 rings (SSSR count). The Hall–Kier alpha value is -3.16. The maximum Gasteiger partial charge on any atom is 0.367 e. The van der Waals surface area contributed by atoms with E-state index in [0.717, 1.165) is 0 Å². The molecule has 134 valence electrons. The average molecular weight is 402 g/mol. The number of benzene rings is 2. The molecule has 0 spiro atoms. The number of aromatic nitrogens is 2. The largest absolute Gasteiger partial charge is 0.367 e. The van der Waals surface area contributed by atoms with Crippen LogP contribution in [0.15, 0.2) is 54.9 Å². The van der Waals surface area contributed by atoms with E-state index in [4.69, 9.17) is 28.0 Å². The van der Waals surface area contributed by atoms with Crippen LogP contribution < -0.4 is 0 Å². The summed E-state index contributed by atoms with van der Waals surface area (Å²) in [6, 6.07) is 11.0. The standard InChI is InChI=1S/C18H9Cl2N3O4/c19-11-5-6-15(14(20)7-11)22-9-10(8-21-22)18(26)27-23-16(24)12-3-1-2-4-13(12)17(23)25/h1-9H. The van der Waals surface area contributed by atoms with Crippen molar-refractivity contribution in [1.29, 1.82) is 0 Å². The average Bonchev–Trinajstić information content (AvgIpc) is 3.22. The Morgan fingerprint density at radius 2 is 1.67 bits per heavy atom. The van der Waals surface area contributed by atoms with Gasteiger partial charge >= 0.3 is 5.97 Å². The monoisotopic (exact) mass is 401 g/mol. The van der Waals surface area contributed by atoms with E-state index in [-0.39, 0.29) is 16.7 Å². The molecule has 7 nitrogen and oxygen atoms in total. The summed E-state index contributed by atoms with van der Waals surface area (Å²) in [6.45, 7) is 0. The van der Waals surface area contributed by atoms with Crippen molar-refractivity contribution < 1.29 is 19.2 Å². The molecule has 0 saturated heterocycles. The minimum atomic E-state index is -0.902. The van der Waals surface area contributed by atoms with Gasteiger partial charge in [0.2, 0.25) is 0 Å². The first-order valence-corrected chi connectivity index (χ1v) is 8.41. The molecule has 0 aliphatic carbocycles. The van der Waals surface area contributed by atoms with Gasteiger partial charge in [0, 0.05) is 11.2 Å². The van der Waals surface area contributed by atoms with Crippen molar-refractivity contribution in [3.63, 3.8) is 0 Å². The van der Waals surface area contributed by atoms with Crippen LogP contribution in [0, 0.1) is 0 Å². The zero-order valence-electron chi connectivity index (χ0n) is 13.4. The van der Waals surface area contributed by atoms with Crippen molar-refractivity contribution in [2.24, 2.45) is 0 Å². The van der Waals surface area contributed by atoms with Crippen molar-refractivity contribution in [3.05, 3.63) is 81.6 Å². The van der Waals surface area contributed by atoms with Gasteiger partial charge in [-0.2, -0.15) is 5.10 Å². The van der Waals surface area contributed by atoms with E-state index in [1.54, 1.807) is 24.3 Å². The Labute approximate surface area is 162 Å². The zero-order valence-corrected chi connectivity index (χ0v) is 14.9. The number of imide groups is 1. The van der Waals surface area contributed by atoms with Crippen molar-refractivity contribution in [2.45, 2.75) is 0 Å².